The van der Waals surface area contributed by atoms with Gasteiger partial charge in [-0.05, 0) is 43.0 Å². The second-order valence-corrected chi connectivity index (χ2v) is 5.07. The van der Waals surface area contributed by atoms with E-state index in [9.17, 15) is 4.79 Å². The van der Waals surface area contributed by atoms with E-state index in [1.54, 1.807) is 0 Å². The standard InChI is InChI=1S/C18H16O/c1-13-7-8-15-9-10-16(18(19)17(15)11-13)12-14-5-3-2-4-6-14/h2-8,11-12H,9-10H2,1H3. The summed E-state index contributed by atoms with van der Waals surface area (Å²) in [6.07, 6.45) is 3.82. The molecule has 0 aliphatic heterocycles. The smallest absolute Gasteiger partial charge is 0.189 e. The summed E-state index contributed by atoms with van der Waals surface area (Å²) in [4.78, 5) is 12.5. The van der Waals surface area contributed by atoms with Crippen LogP contribution in [0.5, 0.6) is 0 Å². The first-order valence-corrected chi connectivity index (χ1v) is 6.64. The Balaban J connectivity index is 2.00. The third kappa shape index (κ3) is 2.37. The van der Waals surface area contributed by atoms with Crippen molar-refractivity contribution in [1.82, 2.24) is 0 Å². The lowest BCUT2D eigenvalue weighted by atomic mass is 9.85. The second-order valence-electron chi connectivity index (χ2n) is 5.07. The van der Waals surface area contributed by atoms with E-state index in [0.29, 0.717) is 0 Å². The zero-order valence-corrected chi connectivity index (χ0v) is 11.0. The summed E-state index contributed by atoms with van der Waals surface area (Å²) in [7, 11) is 0. The molecule has 94 valence electrons. The van der Waals surface area contributed by atoms with E-state index in [1.165, 1.54) is 5.56 Å². The molecule has 1 nitrogen and oxygen atoms in total. The zero-order chi connectivity index (χ0) is 13.2. The van der Waals surface area contributed by atoms with Crippen LogP contribution < -0.4 is 0 Å². The Morgan fingerprint density at radius 1 is 1.00 bits per heavy atom. The highest BCUT2D eigenvalue weighted by atomic mass is 16.1. The largest absolute Gasteiger partial charge is 0.289 e. The molecule has 19 heavy (non-hydrogen) atoms. The van der Waals surface area contributed by atoms with Crippen molar-refractivity contribution < 1.29 is 4.79 Å². The van der Waals surface area contributed by atoms with E-state index in [4.69, 9.17) is 0 Å². The van der Waals surface area contributed by atoms with Crippen molar-refractivity contribution in [2.24, 2.45) is 0 Å². The van der Waals surface area contributed by atoms with Crippen LogP contribution in [-0.4, -0.2) is 5.78 Å². The van der Waals surface area contributed by atoms with Gasteiger partial charge in [0, 0.05) is 11.1 Å². The van der Waals surface area contributed by atoms with Crippen LogP contribution in [0.4, 0.5) is 0 Å². The van der Waals surface area contributed by atoms with Gasteiger partial charge in [0.2, 0.25) is 0 Å². The molecule has 0 aromatic heterocycles. The molecule has 0 bridgehead atoms. The zero-order valence-electron chi connectivity index (χ0n) is 11.0. The van der Waals surface area contributed by atoms with Gasteiger partial charge in [-0.1, -0.05) is 48.0 Å². The molecule has 0 fully saturated rings. The first-order valence-electron chi connectivity index (χ1n) is 6.64. The summed E-state index contributed by atoms with van der Waals surface area (Å²) in [5.74, 6) is 0.189. The van der Waals surface area contributed by atoms with E-state index in [-0.39, 0.29) is 5.78 Å². The van der Waals surface area contributed by atoms with E-state index < -0.39 is 0 Å². The van der Waals surface area contributed by atoms with Crippen LogP contribution in [0.3, 0.4) is 0 Å². The molecule has 2 aromatic carbocycles. The maximum Gasteiger partial charge on any atom is 0.189 e. The van der Waals surface area contributed by atoms with Gasteiger partial charge in [0.05, 0.1) is 0 Å². The number of allylic oxidation sites excluding steroid dienone is 1. The Labute approximate surface area is 113 Å². The first-order chi connectivity index (χ1) is 9.24. The number of hydrogen-bond acceptors (Lipinski definition) is 1. The fourth-order valence-electron chi connectivity index (χ4n) is 2.56. The fourth-order valence-corrected chi connectivity index (χ4v) is 2.56. The molecule has 0 amide bonds. The molecule has 0 atom stereocenters. The van der Waals surface area contributed by atoms with Crippen molar-refractivity contribution in [3.05, 3.63) is 76.4 Å². The minimum atomic E-state index is 0.189. The lowest BCUT2D eigenvalue weighted by Crippen LogP contribution is -2.14. The highest BCUT2D eigenvalue weighted by Crippen LogP contribution is 2.27. The SMILES string of the molecule is Cc1ccc2c(c1)C(=O)C(=Cc1ccccc1)CC2. The molecule has 0 radical (unpaired) electrons. The maximum absolute atomic E-state index is 12.5. The molecule has 0 N–H and O–H groups in total. The number of carbonyl (C=O) groups excluding carboxylic acids is 1. The third-order valence-corrected chi connectivity index (χ3v) is 3.61. The first kappa shape index (κ1) is 11.9. The normalized spacial score (nSPS) is 16.5. The third-order valence-electron chi connectivity index (χ3n) is 3.61. The molecule has 1 aliphatic carbocycles. The van der Waals surface area contributed by atoms with Gasteiger partial charge in [-0.15, -0.1) is 0 Å². The molecule has 2 aromatic rings. The van der Waals surface area contributed by atoms with Crippen molar-refractivity contribution in [3.8, 4) is 0 Å². The van der Waals surface area contributed by atoms with Gasteiger partial charge < -0.3 is 0 Å². The quantitative estimate of drug-likeness (QED) is 0.691. The highest BCUT2D eigenvalue weighted by molar-refractivity contribution is 6.13. The Morgan fingerprint density at radius 2 is 1.79 bits per heavy atom. The topological polar surface area (TPSA) is 17.1 Å². The number of hydrogen-bond donors (Lipinski definition) is 0. The Morgan fingerprint density at radius 3 is 2.58 bits per heavy atom. The van der Waals surface area contributed by atoms with Crippen LogP contribution in [0.2, 0.25) is 0 Å². The molecule has 0 saturated carbocycles. The van der Waals surface area contributed by atoms with Crippen LogP contribution in [-0.2, 0) is 6.42 Å². The minimum absolute atomic E-state index is 0.189. The summed E-state index contributed by atoms with van der Waals surface area (Å²) in [5.41, 5.74) is 5.23. The van der Waals surface area contributed by atoms with Crippen molar-refractivity contribution in [2.45, 2.75) is 19.8 Å². The predicted molar refractivity (Wildman–Crippen MR) is 78.2 cm³/mol. The molecular weight excluding hydrogens is 232 g/mol. The van der Waals surface area contributed by atoms with Crippen LogP contribution >= 0.6 is 0 Å². The number of fused-ring (bicyclic) bond motifs is 1. The van der Waals surface area contributed by atoms with Gasteiger partial charge in [-0.3, -0.25) is 4.79 Å². The fraction of sp³-hybridized carbons (Fsp3) is 0.167. The van der Waals surface area contributed by atoms with Crippen molar-refractivity contribution in [1.29, 1.82) is 0 Å². The number of benzene rings is 2. The molecule has 1 aliphatic rings. The van der Waals surface area contributed by atoms with E-state index in [0.717, 1.165) is 35.1 Å². The van der Waals surface area contributed by atoms with Crippen LogP contribution in [0.25, 0.3) is 6.08 Å². The number of ketones is 1. The predicted octanol–water partition coefficient (Wildman–Crippen LogP) is 4.21. The number of carbonyl (C=O) groups is 1. The Bertz CT molecular complexity index is 651. The van der Waals surface area contributed by atoms with Crippen LogP contribution in [0.1, 0.15) is 33.5 Å². The number of Topliss-reactive ketones (excluding diaryl/α,β-unsaturated/α-hetero) is 1. The highest BCUT2D eigenvalue weighted by Gasteiger charge is 2.21. The summed E-state index contributed by atoms with van der Waals surface area (Å²) in [6, 6.07) is 16.2. The summed E-state index contributed by atoms with van der Waals surface area (Å²) in [6.45, 7) is 2.03. The lowest BCUT2D eigenvalue weighted by Gasteiger charge is -2.18. The van der Waals surface area contributed by atoms with Gasteiger partial charge in [0.15, 0.2) is 5.78 Å². The Kier molecular flexibility index (Phi) is 3.04. The average Bonchev–Trinajstić information content (AvgIpc) is 2.44. The lowest BCUT2D eigenvalue weighted by molar-refractivity contribution is 0.102. The summed E-state index contributed by atoms with van der Waals surface area (Å²) >= 11 is 0. The van der Waals surface area contributed by atoms with E-state index in [1.807, 2.05) is 49.4 Å². The van der Waals surface area contributed by atoms with Crippen molar-refractivity contribution in [3.63, 3.8) is 0 Å². The average molecular weight is 248 g/mol. The monoisotopic (exact) mass is 248 g/mol. The second kappa shape index (κ2) is 4.85. The van der Waals surface area contributed by atoms with Crippen molar-refractivity contribution in [2.75, 3.05) is 0 Å². The molecule has 0 unspecified atom stereocenters. The van der Waals surface area contributed by atoms with Gasteiger partial charge >= 0.3 is 0 Å². The molecule has 0 saturated heterocycles. The van der Waals surface area contributed by atoms with Gasteiger partial charge in [-0.25, -0.2) is 0 Å². The molecular formula is C18H16O. The molecule has 0 spiro atoms. The van der Waals surface area contributed by atoms with Gasteiger partial charge in [-0.2, -0.15) is 0 Å². The van der Waals surface area contributed by atoms with E-state index in [2.05, 4.69) is 12.1 Å². The number of aryl methyl sites for hydroxylation is 2. The van der Waals surface area contributed by atoms with Crippen LogP contribution in [0.15, 0.2) is 54.1 Å². The van der Waals surface area contributed by atoms with Gasteiger partial charge in [0.1, 0.15) is 0 Å². The minimum Gasteiger partial charge on any atom is -0.289 e. The molecule has 1 heteroatoms. The summed E-state index contributed by atoms with van der Waals surface area (Å²) in [5, 5.41) is 0. The molecule has 0 heterocycles. The summed E-state index contributed by atoms with van der Waals surface area (Å²) < 4.78 is 0. The number of rotatable bonds is 1. The maximum atomic E-state index is 12.5. The molecule has 3 rings (SSSR count). The Hall–Kier alpha value is -2.15. The van der Waals surface area contributed by atoms with E-state index >= 15 is 0 Å². The van der Waals surface area contributed by atoms with Crippen molar-refractivity contribution >= 4 is 11.9 Å². The van der Waals surface area contributed by atoms with Crippen LogP contribution in [0, 0.1) is 6.92 Å². The van der Waals surface area contributed by atoms with Gasteiger partial charge in [0.25, 0.3) is 0 Å².